The fourth-order valence-corrected chi connectivity index (χ4v) is 1.75. The van der Waals surface area contributed by atoms with Crippen molar-refractivity contribution >= 4 is 5.69 Å². The highest BCUT2D eigenvalue weighted by atomic mass is 16.5. The van der Waals surface area contributed by atoms with Crippen molar-refractivity contribution < 1.29 is 4.74 Å². The number of anilines is 1. The fraction of sp³-hybridized carbons (Fsp3) is 0.143. The van der Waals surface area contributed by atoms with E-state index in [9.17, 15) is 0 Å². The Kier molecular flexibility index (Phi) is 2.82. The molecule has 0 spiro atoms. The molecule has 2 heteroatoms. The van der Waals surface area contributed by atoms with Gasteiger partial charge in [0.25, 0.3) is 0 Å². The van der Waals surface area contributed by atoms with Crippen LogP contribution in [0.4, 0.5) is 5.69 Å². The van der Waals surface area contributed by atoms with Crippen LogP contribution < -0.4 is 10.5 Å². The molecule has 82 valence electrons. The van der Waals surface area contributed by atoms with E-state index in [1.807, 2.05) is 36.4 Å². The Balaban J connectivity index is 2.44. The molecule has 0 heterocycles. The normalized spacial score (nSPS) is 10.1. The van der Waals surface area contributed by atoms with Gasteiger partial charge in [0.1, 0.15) is 5.75 Å². The summed E-state index contributed by atoms with van der Waals surface area (Å²) in [7, 11) is 1.68. The quantitative estimate of drug-likeness (QED) is 0.777. The molecule has 2 nitrogen and oxygen atoms in total. The van der Waals surface area contributed by atoms with Gasteiger partial charge in [-0.2, -0.15) is 0 Å². The number of nitrogens with two attached hydrogens (primary N) is 1. The maximum Gasteiger partial charge on any atom is 0.119 e. The Hall–Kier alpha value is -1.96. The minimum Gasteiger partial charge on any atom is -0.497 e. The van der Waals surface area contributed by atoms with E-state index in [2.05, 4.69) is 13.0 Å². The molecule has 0 amide bonds. The van der Waals surface area contributed by atoms with Gasteiger partial charge in [-0.25, -0.2) is 0 Å². The molecule has 0 radical (unpaired) electrons. The average molecular weight is 213 g/mol. The second-order valence-corrected chi connectivity index (χ2v) is 3.80. The standard InChI is InChI=1S/C14H15NO/c1-10-9-13(16-2)7-8-14(10)11-3-5-12(15)6-4-11/h3-9H,15H2,1-2H3. The van der Waals surface area contributed by atoms with E-state index in [-0.39, 0.29) is 0 Å². The Morgan fingerprint density at radius 1 is 1.00 bits per heavy atom. The highest BCUT2D eigenvalue weighted by Crippen LogP contribution is 2.27. The van der Waals surface area contributed by atoms with E-state index in [1.54, 1.807) is 7.11 Å². The van der Waals surface area contributed by atoms with Crippen LogP contribution in [0.5, 0.6) is 5.75 Å². The molecule has 0 aliphatic carbocycles. The second-order valence-electron chi connectivity index (χ2n) is 3.80. The van der Waals surface area contributed by atoms with E-state index < -0.39 is 0 Å². The van der Waals surface area contributed by atoms with Crippen LogP contribution >= 0.6 is 0 Å². The van der Waals surface area contributed by atoms with Gasteiger partial charge in [-0.05, 0) is 47.9 Å². The minimum absolute atomic E-state index is 0.787. The van der Waals surface area contributed by atoms with Gasteiger partial charge in [0, 0.05) is 5.69 Å². The molecule has 0 aromatic heterocycles. The summed E-state index contributed by atoms with van der Waals surface area (Å²) >= 11 is 0. The molecule has 2 N–H and O–H groups in total. The van der Waals surface area contributed by atoms with E-state index in [4.69, 9.17) is 10.5 Å². The number of hydrogen-bond acceptors (Lipinski definition) is 2. The third kappa shape index (κ3) is 2.01. The number of rotatable bonds is 2. The van der Waals surface area contributed by atoms with Crippen LogP contribution in [0, 0.1) is 6.92 Å². The van der Waals surface area contributed by atoms with Crippen molar-refractivity contribution in [3.8, 4) is 16.9 Å². The Bertz CT molecular complexity index is 489. The molecular formula is C14H15NO. The van der Waals surface area contributed by atoms with Crippen molar-refractivity contribution in [1.29, 1.82) is 0 Å². The van der Waals surface area contributed by atoms with Crippen LogP contribution in [0.1, 0.15) is 5.56 Å². The Morgan fingerprint density at radius 2 is 1.69 bits per heavy atom. The lowest BCUT2D eigenvalue weighted by Crippen LogP contribution is -1.88. The lowest BCUT2D eigenvalue weighted by atomic mass is 10.0. The van der Waals surface area contributed by atoms with Crippen molar-refractivity contribution in [2.45, 2.75) is 6.92 Å². The SMILES string of the molecule is COc1ccc(-c2ccc(N)cc2)c(C)c1. The van der Waals surface area contributed by atoms with Gasteiger partial charge in [0.15, 0.2) is 0 Å². The first-order valence-corrected chi connectivity index (χ1v) is 5.21. The van der Waals surface area contributed by atoms with Crippen molar-refractivity contribution in [2.24, 2.45) is 0 Å². The molecule has 2 aromatic carbocycles. The number of aryl methyl sites for hydroxylation is 1. The van der Waals surface area contributed by atoms with Gasteiger partial charge in [-0.3, -0.25) is 0 Å². The summed E-state index contributed by atoms with van der Waals surface area (Å²) in [5.41, 5.74) is 10.0. The van der Waals surface area contributed by atoms with Crippen molar-refractivity contribution in [3.05, 3.63) is 48.0 Å². The fourth-order valence-electron chi connectivity index (χ4n) is 1.75. The summed E-state index contributed by atoms with van der Waals surface area (Å²) in [5, 5.41) is 0. The predicted molar refractivity (Wildman–Crippen MR) is 67.6 cm³/mol. The zero-order chi connectivity index (χ0) is 11.5. The van der Waals surface area contributed by atoms with Crippen molar-refractivity contribution in [3.63, 3.8) is 0 Å². The molecule has 16 heavy (non-hydrogen) atoms. The molecule has 2 aromatic rings. The summed E-state index contributed by atoms with van der Waals surface area (Å²) in [6.07, 6.45) is 0. The molecule has 2 rings (SSSR count). The molecule has 0 aliphatic rings. The van der Waals surface area contributed by atoms with Gasteiger partial charge < -0.3 is 10.5 Å². The largest absolute Gasteiger partial charge is 0.497 e. The lowest BCUT2D eigenvalue weighted by Gasteiger charge is -2.08. The van der Waals surface area contributed by atoms with Crippen LogP contribution in [0.15, 0.2) is 42.5 Å². The highest BCUT2D eigenvalue weighted by Gasteiger charge is 2.02. The molecule has 0 atom stereocenters. The summed E-state index contributed by atoms with van der Waals surface area (Å²) in [4.78, 5) is 0. The summed E-state index contributed by atoms with van der Waals surface area (Å²) in [6, 6.07) is 14.0. The second kappa shape index (κ2) is 4.27. The summed E-state index contributed by atoms with van der Waals surface area (Å²) in [5.74, 6) is 0.886. The van der Waals surface area contributed by atoms with Crippen LogP contribution in [0.25, 0.3) is 11.1 Å². The zero-order valence-electron chi connectivity index (χ0n) is 9.53. The number of ether oxygens (including phenoxy) is 1. The number of hydrogen-bond donors (Lipinski definition) is 1. The Labute approximate surface area is 95.7 Å². The van der Waals surface area contributed by atoms with Crippen LogP contribution in [0.2, 0.25) is 0 Å². The van der Waals surface area contributed by atoms with Crippen LogP contribution in [-0.4, -0.2) is 7.11 Å². The van der Waals surface area contributed by atoms with E-state index in [0.717, 1.165) is 11.4 Å². The van der Waals surface area contributed by atoms with Gasteiger partial charge in [0.2, 0.25) is 0 Å². The van der Waals surface area contributed by atoms with Gasteiger partial charge in [-0.15, -0.1) is 0 Å². The molecule has 0 saturated carbocycles. The molecular weight excluding hydrogens is 198 g/mol. The third-order valence-corrected chi connectivity index (χ3v) is 2.66. The van der Waals surface area contributed by atoms with Crippen LogP contribution in [-0.2, 0) is 0 Å². The van der Waals surface area contributed by atoms with E-state index in [0.29, 0.717) is 0 Å². The number of methoxy groups -OCH3 is 1. The first-order chi connectivity index (χ1) is 7.70. The predicted octanol–water partition coefficient (Wildman–Crippen LogP) is 3.25. The maximum atomic E-state index is 5.67. The topological polar surface area (TPSA) is 35.2 Å². The van der Waals surface area contributed by atoms with Crippen molar-refractivity contribution in [1.82, 2.24) is 0 Å². The first-order valence-electron chi connectivity index (χ1n) is 5.21. The summed E-state index contributed by atoms with van der Waals surface area (Å²) in [6.45, 7) is 2.08. The molecule has 0 unspecified atom stereocenters. The lowest BCUT2D eigenvalue weighted by molar-refractivity contribution is 0.414. The van der Waals surface area contributed by atoms with E-state index in [1.165, 1.54) is 16.7 Å². The first kappa shape index (κ1) is 10.6. The summed E-state index contributed by atoms with van der Waals surface area (Å²) < 4.78 is 5.18. The van der Waals surface area contributed by atoms with Crippen LogP contribution in [0.3, 0.4) is 0 Å². The van der Waals surface area contributed by atoms with Crippen molar-refractivity contribution in [2.75, 3.05) is 12.8 Å². The van der Waals surface area contributed by atoms with Gasteiger partial charge in [0.05, 0.1) is 7.11 Å². The molecule has 0 saturated heterocycles. The molecule has 0 aliphatic heterocycles. The highest BCUT2D eigenvalue weighted by molar-refractivity contribution is 5.69. The minimum atomic E-state index is 0.787. The maximum absolute atomic E-state index is 5.67. The van der Waals surface area contributed by atoms with Gasteiger partial charge >= 0.3 is 0 Å². The smallest absolute Gasteiger partial charge is 0.119 e. The number of benzene rings is 2. The molecule has 0 bridgehead atoms. The average Bonchev–Trinajstić information content (AvgIpc) is 2.30. The Morgan fingerprint density at radius 3 is 2.25 bits per heavy atom. The monoisotopic (exact) mass is 213 g/mol. The number of nitrogen functional groups attached to an aromatic ring is 1. The zero-order valence-corrected chi connectivity index (χ0v) is 9.53. The molecule has 0 fully saturated rings. The van der Waals surface area contributed by atoms with E-state index >= 15 is 0 Å². The third-order valence-electron chi connectivity index (χ3n) is 2.66. The van der Waals surface area contributed by atoms with Gasteiger partial charge in [-0.1, -0.05) is 18.2 Å².